The molecule has 5 heteroatoms. The molecule has 5 nitrogen and oxygen atoms in total. The fraction of sp³-hybridized carbons (Fsp3) is 0.462. The Hall–Kier alpha value is -1.75. The highest BCUT2D eigenvalue weighted by atomic mass is 15.1. The van der Waals surface area contributed by atoms with Gasteiger partial charge in [-0.15, -0.1) is 0 Å². The first-order valence-corrected chi connectivity index (χ1v) is 6.17. The summed E-state index contributed by atoms with van der Waals surface area (Å²) >= 11 is 0. The molecular formula is C13H19N5. The van der Waals surface area contributed by atoms with Crippen molar-refractivity contribution >= 4 is 0 Å². The maximum atomic E-state index is 4.35. The fourth-order valence-electron chi connectivity index (χ4n) is 1.86. The second kappa shape index (κ2) is 5.73. The highest BCUT2D eigenvalue weighted by Gasteiger charge is 2.04. The SMILES string of the molecule is Cc1nccc(CNCc2cncn2C(C)C)n1. The minimum absolute atomic E-state index is 0.436. The van der Waals surface area contributed by atoms with E-state index < -0.39 is 0 Å². The smallest absolute Gasteiger partial charge is 0.125 e. The van der Waals surface area contributed by atoms with Crippen LogP contribution in [0.2, 0.25) is 0 Å². The number of nitrogens with zero attached hydrogens (tertiary/aromatic N) is 4. The van der Waals surface area contributed by atoms with Crippen LogP contribution in [0.15, 0.2) is 24.8 Å². The van der Waals surface area contributed by atoms with Gasteiger partial charge in [-0.2, -0.15) is 0 Å². The molecule has 0 atom stereocenters. The van der Waals surface area contributed by atoms with Crippen LogP contribution in [-0.2, 0) is 13.1 Å². The van der Waals surface area contributed by atoms with E-state index in [0.717, 1.165) is 24.6 Å². The summed E-state index contributed by atoms with van der Waals surface area (Å²) in [7, 11) is 0. The van der Waals surface area contributed by atoms with E-state index in [1.807, 2.05) is 25.5 Å². The lowest BCUT2D eigenvalue weighted by Gasteiger charge is -2.12. The minimum Gasteiger partial charge on any atom is -0.331 e. The number of hydrogen-bond donors (Lipinski definition) is 1. The van der Waals surface area contributed by atoms with Crippen LogP contribution in [0.5, 0.6) is 0 Å². The van der Waals surface area contributed by atoms with E-state index in [1.54, 1.807) is 6.20 Å². The van der Waals surface area contributed by atoms with Crippen LogP contribution in [0.3, 0.4) is 0 Å². The summed E-state index contributed by atoms with van der Waals surface area (Å²) in [5.74, 6) is 0.807. The fourth-order valence-corrected chi connectivity index (χ4v) is 1.86. The normalized spacial score (nSPS) is 11.1. The van der Waals surface area contributed by atoms with Crippen molar-refractivity contribution in [2.75, 3.05) is 0 Å². The van der Waals surface area contributed by atoms with Crippen molar-refractivity contribution < 1.29 is 0 Å². The molecule has 0 aliphatic carbocycles. The molecule has 0 radical (unpaired) electrons. The molecule has 18 heavy (non-hydrogen) atoms. The monoisotopic (exact) mass is 245 g/mol. The molecule has 96 valence electrons. The summed E-state index contributed by atoms with van der Waals surface area (Å²) in [6.07, 6.45) is 5.56. The number of hydrogen-bond acceptors (Lipinski definition) is 4. The second-order valence-electron chi connectivity index (χ2n) is 4.58. The van der Waals surface area contributed by atoms with Crippen LogP contribution in [0, 0.1) is 6.92 Å². The molecular weight excluding hydrogens is 226 g/mol. The highest BCUT2D eigenvalue weighted by Crippen LogP contribution is 2.08. The Bertz CT molecular complexity index is 504. The molecule has 2 aromatic rings. The minimum atomic E-state index is 0.436. The van der Waals surface area contributed by atoms with Crippen LogP contribution >= 0.6 is 0 Å². The van der Waals surface area contributed by atoms with Gasteiger partial charge in [0.2, 0.25) is 0 Å². The molecule has 0 aliphatic heterocycles. The molecule has 2 rings (SSSR count). The zero-order chi connectivity index (χ0) is 13.0. The summed E-state index contributed by atoms with van der Waals surface area (Å²) in [4.78, 5) is 12.6. The lowest BCUT2D eigenvalue weighted by atomic mass is 10.3. The van der Waals surface area contributed by atoms with E-state index in [-0.39, 0.29) is 0 Å². The summed E-state index contributed by atoms with van der Waals surface area (Å²) in [6, 6.07) is 2.37. The van der Waals surface area contributed by atoms with Gasteiger partial charge in [0, 0.05) is 31.5 Å². The molecule has 1 N–H and O–H groups in total. The largest absolute Gasteiger partial charge is 0.331 e. The van der Waals surface area contributed by atoms with Gasteiger partial charge in [0.25, 0.3) is 0 Å². The van der Waals surface area contributed by atoms with Gasteiger partial charge in [-0.3, -0.25) is 0 Å². The van der Waals surface area contributed by atoms with Crippen LogP contribution in [0.25, 0.3) is 0 Å². The highest BCUT2D eigenvalue weighted by molar-refractivity contribution is 5.03. The van der Waals surface area contributed by atoms with Crippen LogP contribution in [-0.4, -0.2) is 19.5 Å². The molecule has 0 saturated heterocycles. The Morgan fingerprint density at radius 3 is 2.89 bits per heavy atom. The van der Waals surface area contributed by atoms with E-state index in [2.05, 4.69) is 38.7 Å². The topological polar surface area (TPSA) is 55.6 Å². The quantitative estimate of drug-likeness (QED) is 0.873. The van der Waals surface area contributed by atoms with E-state index in [1.165, 1.54) is 5.69 Å². The van der Waals surface area contributed by atoms with Gasteiger partial charge in [0.15, 0.2) is 0 Å². The van der Waals surface area contributed by atoms with Gasteiger partial charge in [-0.05, 0) is 26.8 Å². The predicted molar refractivity (Wildman–Crippen MR) is 69.9 cm³/mol. The van der Waals surface area contributed by atoms with Crippen molar-refractivity contribution in [3.8, 4) is 0 Å². The maximum absolute atomic E-state index is 4.35. The molecule has 0 saturated carbocycles. The van der Waals surface area contributed by atoms with E-state index in [0.29, 0.717) is 6.04 Å². The average Bonchev–Trinajstić information content (AvgIpc) is 2.77. The lowest BCUT2D eigenvalue weighted by molar-refractivity contribution is 0.548. The van der Waals surface area contributed by atoms with Crippen LogP contribution in [0.4, 0.5) is 0 Å². The summed E-state index contributed by atoms with van der Waals surface area (Å²) in [6.45, 7) is 7.74. The van der Waals surface area contributed by atoms with E-state index in [4.69, 9.17) is 0 Å². The van der Waals surface area contributed by atoms with Crippen molar-refractivity contribution in [3.63, 3.8) is 0 Å². The summed E-state index contributed by atoms with van der Waals surface area (Å²) in [5.41, 5.74) is 2.20. The number of aromatic nitrogens is 4. The predicted octanol–water partition coefficient (Wildman–Crippen LogP) is 1.85. The van der Waals surface area contributed by atoms with Crippen molar-refractivity contribution in [3.05, 3.63) is 42.0 Å². The molecule has 0 aromatic carbocycles. The molecule has 0 spiro atoms. The summed E-state index contributed by atoms with van der Waals surface area (Å²) in [5, 5.41) is 3.38. The van der Waals surface area contributed by atoms with Gasteiger partial charge >= 0.3 is 0 Å². The molecule has 0 unspecified atom stereocenters. The molecule has 0 amide bonds. The first kappa shape index (κ1) is 12.7. The Labute approximate surface area is 107 Å². The van der Waals surface area contributed by atoms with Gasteiger partial charge in [0.05, 0.1) is 17.7 Å². The van der Waals surface area contributed by atoms with Gasteiger partial charge in [-0.25, -0.2) is 15.0 Å². The van der Waals surface area contributed by atoms with Gasteiger partial charge in [-0.1, -0.05) is 0 Å². The molecule has 2 aromatic heterocycles. The van der Waals surface area contributed by atoms with Gasteiger partial charge in [0.1, 0.15) is 5.82 Å². The Morgan fingerprint density at radius 2 is 2.17 bits per heavy atom. The van der Waals surface area contributed by atoms with E-state index >= 15 is 0 Å². The Balaban J connectivity index is 1.90. The zero-order valence-corrected chi connectivity index (χ0v) is 11.1. The number of imidazole rings is 1. The molecule has 2 heterocycles. The van der Waals surface area contributed by atoms with Crippen molar-refractivity contribution in [2.45, 2.75) is 39.9 Å². The Kier molecular flexibility index (Phi) is 4.04. The molecule has 0 bridgehead atoms. The first-order chi connectivity index (χ1) is 8.66. The maximum Gasteiger partial charge on any atom is 0.125 e. The molecule has 0 fully saturated rings. The van der Waals surface area contributed by atoms with Crippen molar-refractivity contribution in [1.82, 2.24) is 24.8 Å². The number of rotatable bonds is 5. The molecule has 0 aliphatic rings. The Morgan fingerprint density at radius 1 is 1.33 bits per heavy atom. The third-order valence-electron chi connectivity index (χ3n) is 2.75. The second-order valence-corrected chi connectivity index (χ2v) is 4.58. The van der Waals surface area contributed by atoms with Crippen molar-refractivity contribution in [2.24, 2.45) is 0 Å². The number of nitrogens with one attached hydrogen (secondary N) is 1. The third-order valence-corrected chi connectivity index (χ3v) is 2.75. The van der Waals surface area contributed by atoms with Crippen molar-refractivity contribution in [1.29, 1.82) is 0 Å². The lowest BCUT2D eigenvalue weighted by Crippen LogP contribution is -2.17. The van der Waals surface area contributed by atoms with E-state index in [9.17, 15) is 0 Å². The van der Waals surface area contributed by atoms with Crippen LogP contribution < -0.4 is 5.32 Å². The van der Waals surface area contributed by atoms with Gasteiger partial charge < -0.3 is 9.88 Å². The first-order valence-electron chi connectivity index (χ1n) is 6.17. The number of aryl methyl sites for hydroxylation is 1. The van der Waals surface area contributed by atoms with Crippen LogP contribution in [0.1, 0.15) is 37.1 Å². The average molecular weight is 245 g/mol. The zero-order valence-electron chi connectivity index (χ0n) is 11.1. The standard InChI is InChI=1S/C13H19N5/c1-10(2)18-9-15-8-13(18)7-14-6-12-4-5-16-11(3)17-12/h4-5,8-10,14H,6-7H2,1-3H3. The summed E-state index contributed by atoms with van der Waals surface area (Å²) < 4.78 is 2.16. The third kappa shape index (κ3) is 3.13.